The molecule has 0 saturated heterocycles. The van der Waals surface area contributed by atoms with Crippen LogP contribution in [0.5, 0.6) is 0 Å². The van der Waals surface area contributed by atoms with Crippen LogP contribution < -0.4 is 5.32 Å². The molecule has 0 aliphatic heterocycles. The van der Waals surface area contributed by atoms with Crippen molar-refractivity contribution in [2.75, 3.05) is 6.54 Å². The minimum absolute atomic E-state index is 0.577. The predicted molar refractivity (Wildman–Crippen MR) is 62.4 cm³/mol. The zero-order valence-electron chi connectivity index (χ0n) is 9.29. The summed E-state index contributed by atoms with van der Waals surface area (Å²) >= 11 is 0. The van der Waals surface area contributed by atoms with Crippen LogP contribution in [0.2, 0.25) is 0 Å². The van der Waals surface area contributed by atoms with E-state index in [1.165, 1.54) is 17.5 Å². The molecule has 0 aromatic heterocycles. The topological polar surface area (TPSA) is 35.8 Å². The highest BCUT2D eigenvalue weighted by molar-refractivity contribution is 5.22. The van der Waals surface area contributed by atoms with Crippen LogP contribution in [0.25, 0.3) is 0 Å². The van der Waals surface area contributed by atoms with Crippen molar-refractivity contribution in [2.45, 2.75) is 32.7 Å². The van der Waals surface area contributed by atoms with Gasteiger partial charge in [-0.1, -0.05) is 37.6 Å². The zero-order chi connectivity index (χ0) is 10.9. The largest absolute Gasteiger partial charge is 0.312 e. The van der Waals surface area contributed by atoms with E-state index >= 15 is 0 Å². The Balaban J connectivity index is 2.33. The summed E-state index contributed by atoms with van der Waals surface area (Å²) in [5.41, 5.74) is 2.69. The lowest BCUT2D eigenvalue weighted by atomic mass is 10.1. The molecule has 2 nitrogen and oxygen atoms in total. The highest BCUT2D eigenvalue weighted by Gasteiger charge is 1.93. The molecule has 0 bridgehead atoms. The van der Waals surface area contributed by atoms with Crippen LogP contribution in [0.3, 0.4) is 0 Å². The lowest BCUT2D eigenvalue weighted by Gasteiger charge is -2.04. The Morgan fingerprint density at radius 1 is 1.20 bits per heavy atom. The van der Waals surface area contributed by atoms with Crippen LogP contribution in [-0.2, 0) is 13.0 Å². The van der Waals surface area contributed by atoms with Crippen LogP contribution in [-0.4, -0.2) is 6.54 Å². The van der Waals surface area contributed by atoms with Gasteiger partial charge in [0.15, 0.2) is 0 Å². The SMILES string of the molecule is CCCc1ccc(CNCCC#N)cc1. The Bertz CT molecular complexity index is 308. The molecule has 1 N–H and O–H groups in total. The highest BCUT2D eigenvalue weighted by Crippen LogP contribution is 2.06. The molecule has 0 aliphatic rings. The van der Waals surface area contributed by atoms with E-state index in [1.54, 1.807) is 0 Å². The molecule has 0 radical (unpaired) electrons. The molecule has 1 rings (SSSR count). The summed E-state index contributed by atoms with van der Waals surface area (Å²) in [6.45, 7) is 3.82. The Kier molecular flexibility index (Phi) is 5.50. The fraction of sp³-hybridized carbons (Fsp3) is 0.462. The monoisotopic (exact) mass is 202 g/mol. The van der Waals surface area contributed by atoms with Crippen molar-refractivity contribution >= 4 is 0 Å². The van der Waals surface area contributed by atoms with Crippen LogP contribution in [0.1, 0.15) is 30.9 Å². The molecule has 0 unspecified atom stereocenters. The maximum atomic E-state index is 8.37. The van der Waals surface area contributed by atoms with Gasteiger partial charge in [0.1, 0.15) is 0 Å². The van der Waals surface area contributed by atoms with Gasteiger partial charge in [-0.2, -0.15) is 5.26 Å². The minimum Gasteiger partial charge on any atom is -0.312 e. The van der Waals surface area contributed by atoms with Crippen molar-refractivity contribution in [3.8, 4) is 6.07 Å². The van der Waals surface area contributed by atoms with Crippen LogP contribution in [0.4, 0.5) is 0 Å². The Morgan fingerprint density at radius 2 is 1.87 bits per heavy atom. The molecule has 0 fully saturated rings. The normalized spacial score (nSPS) is 9.87. The fourth-order valence-corrected chi connectivity index (χ4v) is 1.49. The first-order valence-electron chi connectivity index (χ1n) is 5.52. The summed E-state index contributed by atoms with van der Waals surface area (Å²) in [4.78, 5) is 0. The first kappa shape index (κ1) is 11.7. The smallest absolute Gasteiger partial charge is 0.0635 e. The quantitative estimate of drug-likeness (QED) is 0.720. The van der Waals surface area contributed by atoms with Crippen molar-refractivity contribution in [1.29, 1.82) is 5.26 Å². The summed E-state index contributed by atoms with van der Waals surface area (Å²) in [5, 5.41) is 11.6. The van der Waals surface area contributed by atoms with Gasteiger partial charge < -0.3 is 5.32 Å². The summed E-state index contributed by atoms with van der Waals surface area (Å²) < 4.78 is 0. The number of nitriles is 1. The lowest BCUT2D eigenvalue weighted by molar-refractivity contribution is 0.698. The van der Waals surface area contributed by atoms with Crippen molar-refractivity contribution in [2.24, 2.45) is 0 Å². The molecular formula is C13H18N2. The number of rotatable bonds is 6. The molecule has 0 spiro atoms. The second-order valence-electron chi connectivity index (χ2n) is 3.65. The maximum Gasteiger partial charge on any atom is 0.0635 e. The standard InChI is InChI=1S/C13H18N2/c1-2-4-12-5-7-13(8-6-12)11-15-10-3-9-14/h5-8,15H,2-4,10-11H2,1H3. The summed E-state index contributed by atoms with van der Waals surface area (Å²) in [6.07, 6.45) is 2.93. The first-order chi connectivity index (χ1) is 7.36. The molecule has 80 valence electrons. The number of benzene rings is 1. The van der Waals surface area contributed by atoms with E-state index in [9.17, 15) is 0 Å². The maximum absolute atomic E-state index is 8.37. The van der Waals surface area contributed by atoms with Gasteiger partial charge in [-0.05, 0) is 17.5 Å². The van der Waals surface area contributed by atoms with E-state index in [0.717, 1.165) is 19.5 Å². The second-order valence-corrected chi connectivity index (χ2v) is 3.65. The van der Waals surface area contributed by atoms with Gasteiger partial charge >= 0.3 is 0 Å². The van der Waals surface area contributed by atoms with E-state index in [4.69, 9.17) is 5.26 Å². The van der Waals surface area contributed by atoms with Gasteiger partial charge in [0.05, 0.1) is 6.07 Å². The summed E-state index contributed by atoms with van der Waals surface area (Å²) in [7, 11) is 0. The molecule has 0 heterocycles. The van der Waals surface area contributed by atoms with E-state index in [-0.39, 0.29) is 0 Å². The average Bonchev–Trinajstić information content (AvgIpc) is 2.27. The van der Waals surface area contributed by atoms with E-state index in [1.807, 2.05) is 0 Å². The van der Waals surface area contributed by atoms with E-state index in [0.29, 0.717) is 6.42 Å². The van der Waals surface area contributed by atoms with Crippen molar-refractivity contribution in [1.82, 2.24) is 5.32 Å². The molecule has 0 saturated carbocycles. The van der Waals surface area contributed by atoms with Crippen LogP contribution >= 0.6 is 0 Å². The molecular weight excluding hydrogens is 184 g/mol. The molecule has 2 heteroatoms. The Morgan fingerprint density at radius 3 is 2.47 bits per heavy atom. The van der Waals surface area contributed by atoms with Crippen LogP contribution in [0.15, 0.2) is 24.3 Å². The van der Waals surface area contributed by atoms with Crippen molar-refractivity contribution < 1.29 is 0 Å². The second kappa shape index (κ2) is 7.03. The number of hydrogen-bond acceptors (Lipinski definition) is 2. The number of hydrogen-bond donors (Lipinski definition) is 1. The highest BCUT2D eigenvalue weighted by atomic mass is 14.8. The number of nitrogens with one attached hydrogen (secondary N) is 1. The van der Waals surface area contributed by atoms with Gasteiger partial charge in [-0.25, -0.2) is 0 Å². The zero-order valence-corrected chi connectivity index (χ0v) is 9.29. The van der Waals surface area contributed by atoms with Gasteiger partial charge in [0.25, 0.3) is 0 Å². The van der Waals surface area contributed by atoms with Crippen LogP contribution in [0, 0.1) is 11.3 Å². The van der Waals surface area contributed by atoms with E-state index < -0.39 is 0 Å². The molecule has 1 aromatic rings. The summed E-state index contributed by atoms with van der Waals surface area (Å²) in [6, 6.07) is 10.8. The minimum atomic E-state index is 0.577. The average molecular weight is 202 g/mol. The van der Waals surface area contributed by atoms with Gasteiger partial charge in [0, 0.05) is 19.5 Å². The molecule has 15 heavy (non-hydrogen) atoms. The third kappa shape index (κ3) is 4.62. The van der Waals surface area contributed by atoms with Crippen molar-refractivity contribution in [3.05, 3.63) is 35.4 Å². The first-order valence-corrected chi connectivity index (χ1v) is 5.52. The van der Waals surface area contributed by atoms with Crippen molar-refractivity contribution in [3.63, 3.8) is 0 Å². The Labute approximate surface area is 91.9 Å². The number of nitrogens with zero attached hydrogens (tertiary/aromatic N) is 1. The number of aryl methyl sites for hydroxylation is 1. The van der Waals surface area contributed by atoms with Gasteiger partial charge in [0.2, 0.25) is 0 Å². The fourth-order valence-electron chi connectivity index (χ4n) is 1.49. The summed E-state index contributed by atoms with van der Waals surface area (Å²) in [5.74, 6) is 0. The molecule has 0 aliphatic carbocycles. The third-order valence-electron chi connectivity index (χ3n) is 2.30. The lowest BCUT2D eigenvalue weighted by Crippen LogP contribution is -2.13. The molecule has 0 amide bonds. The third-order valence-corrected chi connectivity index (χ3v) is 2.30. The molecule has 1 aromatic carbocycles. The van der Waals surface area contributed by atoms with E-state index in [2.05, 4.69) is 42.6 Å². The molecule has 0 atom stereocenters. The van der Waals surface area contributed by atoms with Gasteiger partial charge in [-0.15, -0.1) is 0 Å². The predicted octanol–water partition coefficient (Wildman–Crippen LogP) is 2.64. The van der Waals surface area contributed by atoms with Gasteiger partial charge in [-0.3, -0.25) is 0 Å². The Hall–Kier alpha value is -1.33.